The van der Waals surface area contributed by atoms with Crippen LogP contribution in [0.4, 0.5) is 15.8 Å². The first-order chi connectivity index (χ1) is 11.8. The van der Waals surface area contributed by atoms with Crippen molar-refractivity contribution in [3.8, 4) is 0 Å². The number of rotatable bonds is 7. The Morgan fingerprint density at radius 3 is 2.28 bits per heavy atom. The molecule has 0 unspecified atom stereocenters. The highest BCUT2D eigenvalue weighted by Gasteiger charge is 2.17. The van der Waals surface area contributed by atoms with Crippen LogP contribution in [-0.2, 0) is 14.8 Å². The molecule has 0 aliphatic rings. The zero-order chi connectivity index (χ0) is 18.4. The second-order valence-corrected chi connectivity index (χ2v) is 8.62. The first-order valence-electron chi connectivity index (χ1n) is 7.54. The van der Waals surface area contributed by atoms with Gasteiger partial charge in [-0.05, 0) is 77.5 Å². The molecule has 0 spiro atoms. The molecule has 1 N–H and O–H groups in total. The lowest BCUT2D eigenvalue weighted by Gasteiger charge is -2.22. The molecule has 0 radical (unpaired) electrons. The minimum Gasteiger partial charge on any atom is -0.326 e. The fraction of sp³-hybridized carbons (Fsp3) is 0.235. The average molecular weight is 476 g/mol. The van der Waals surface area contributed by atoms with Crippen molar-refractivity contribution in [2.75, 3.05) is 22.4 Å². The zero-order valence-corrected chi connectivity index (χ0v) is 16.6. The third-order valence-electron chi connectivity index (χ3n) is 3.41. The third kappa shape index (κ3) is 6.28. The van der Waals surface area contributed by atoms with Crippen molar-refractivity contribution in [2.24, 2.45) is 0 Å². The Hall–Kier alpha value is -1.68. The van der Waals surface area contributed by atoms with Gasteiger partial charge in [-0.3, -0.25) is 9.10 Å². The molecule has 0 fully saturated rings. The van der Waals surface area contributed by atoms with Crippen LogP contribution in [0.1, 0.15) is 12.8 Å². The molecule has 5 nitrogen and oxygen atoms in total. The molecule has 0 aromatic heterocycles. The second kappa shape index (κ2) is 8.61. The molecule has 0 aliphatic heterocycles. The van der Waals surface area contributed by atoms with E-state index in [1.54, 1.807) is 12.1 Å². The van der Waals surface area contributed by atoms with Crippen LogP contribution in [0.25, 0.3) is 0 Å². The van der Waals surface area contributed by atoms with E-state index in [1.165, 1.54) is 28.6 Å². The van der Waals surface area contributed by atoms with Crippen LogP contribution >= 0.6 is 22.6 Å². The molecule has 0 saturated heterocycles. The molecule has 0 bridgehead atoms. The molecule has 2 rings (SSSR count). The zero-order valence-electron chi connectivity index (χ0n) is 13.6. The molecule has 0 aliphatic carbocycles. The number of benzene rings is 2. The summed E-state index contributed by atoms with van der Waals surface area (Å²) in [6.07, 6.45) is 1.61. The molecule has 0 atom stereocenters. The molecule has 0 heterocycles. The maximum Gasteiger partial charge on any atom is 0.232 e. The van der Waals surface area contributed by atoms with Gasteiger partial charge in [0.25, 0.3) is 0 Å². The van der Waals surface area contributed by atoms with Crippen molar-refractivity contribution in [3.05, 3.63) is 57.9 Å². The number of nitrogens with zero attached hydrogens (tertiary/aromatic N) is 1. The fourth-order valence-electron chi connectivity index (χ4n) is 2.23. The highest BCUT2D eigenvalue weighted by Crippen LogP contribution is 2.19. The van der Waals surface area contributed by atoms with Gasteiger partial charge < -0.3 is 5.32 Å². The molecule has 0 saturated carbocycles. The fourth-order valence-corrected chi connectivity index (χ4v) is 3.56. The summed E-state index contributed by atoms with van der Waals surface area (Å²) in [6, 6.07) is 12.6. The van der Waals surface area contributed by atoms with Crippen molar-refractivity contribution >= 4 is 49.9 Å². The van der Waals surface area contributed by atoms with Crippen molar-refractivity contribution in [1.29, 1.82) is 0 Å². The summed E-state index contributed by atoms with van der Waals surface area (Å²) in [5.74, 6) is -0.622. The van der Waals surface area contributed by atoms with Crippen LogP contribution in [0.15, 0.2) is 48.5 Å². The van der Waals surface area contributed by atoms with Crippen LogP contribution in [0.5, 0.6) is 0 Å². The van der Waals surface area contributed by atoms with E-state index < -0.39 is 15.8 Å². The lowest BCUT2D eigenvalue weighted by Crippen LogP contribution is -2.31. The Kier molecular flexibility index (Phi) is 6.77. The Labute approximate surface area is 160 Å². The number of hydrogen-bond acceptors (Lipinski definition) is 3. The van der Waals surface area contributed by atoms with Crippen LogP contribution in [0.2, 0.25) is 0 Å². The van der Waals surface area contributed by atoms with Crippen molar-refractivity contribution in [2.45, 2.75) is 12.8 Å². The van der Waals surface area contributed by atoms with E-state index in [2.05, 4.69) is 27.9 Å². The normalized spacial score (nSPS) is 11.2. The molecule has 2 aromatic carbocycles. The van der Waals surface area contributed by atoms with E-state index in [0.717, 1.165) is 9.83 Å². The van der Waals surface area contributed by atoms with Gasteiger partial charge in [0.05, 0.1) is 11.9 Å². The lowest BCUT2D eigenvalue weighted by atomic mass is 10.2. The minimum atomic E-state index is -3.51. The maximum atomic E-state index is 13.0. The quantitative estimate of drug-likeness (QED) is 0.622. The molecule has 25 heavy (non-hydrogen) atoms. The van der Waals surface area contributed by atoms with E-state index in [0.29, 0.717) is 17.8 Å². The van der Waals surface area contributed by atoms with E-state index in [4.69, 9.17) is 0 Å². The lowest BCUT2D eigenvalue weighted by molar-refractivity contribution is -0.116. The summed E-state index contributed by atoms with van der Waals surface area (Å²) >= 11 is 2.18. The summed E-state index contributed by atoms with van der Waals surface area (Å²) < 4.78 is 39.1. The smallest absolute Gasteiger partial charge is 0.232 e. The largest absolute Gasteiger partial charge is 0.326 e. The summed E-state index contributed by atoms with van der Waals surface area (Å²) in [7, 11) is -3.51. The van der Waals surface area contributed by atoms with Crippen LogP contribution < -0.4 is 9.62 Å². The molecule has 1 amide bonds. The standard InChI is InChI=1S/C17H18FIN2O3S/c1-25(23,24)21(16-10-4-13(18)5-11-16)12-2-3-17(22)20-15-8-6-14(19)7-9-15/h4-11H,2-3,12H2,1H3,(H,20,22). The Balaban J connectivity index is 1.93. The van der Waals surface area contributed by atoms with Gasteiger partial charge in [-0.2, -0.15) is 0 Å². The number of carbonyl (C=O) groups excluding carboxylic acids is 1. The second-order valence-electron chi connectivity index (χ2n) is 5.47. The van der Waals surface area contributed by atoms with Gasteiger partial charge >= 0.3 is 0 Å². The van der Waals surface area contributed by atoms with E-state index in [1.807, 2.05) is 12.1 Å². The van der Waals surface area contributed by atoms with Gasteiger partial charge in [-0.1, -0.05) is 0 Å². The number of carbonyl (C=O) groups is 1. The van der Waals surface area contributed by atoms with Gasteiger partial charge in [0.15, 0.2) is 0 Å². The first kappa shape index (κ1) is 19.6. The summed E-state index contributed by atoms with van der Waals surface area (Å²) in [5.41, 5.74) is 1.07. The average Bonchev–Trinajstić information content (AvgIpc) is 2.54. The molecular weight excluding hydrogens is 458 g/mol. The predicted molar refractivity (Wildman–Crippen MR) is 106 cm³/mol. The van der Waals surface area contributed by atoms with Crippen molar-refractivity contribution in [3.63, 3.8) is 0 Å². The van der Waals surface area contributed by atoms with Gasteiger partial charge in [-0.25, -0.2) is 12.8 Å². The number of hydrogen-bond donors (Lipinski definition) is 1. The van der Waals surface area contributed by atoms with Gasteiger partial charge in [0.1, 0.15) is 5.82 Å². The van der Waals surface area contributed by atoms with Crippen molar-refractivity contribution in [1.82, 2.24) is 0 Å². The van der Waals surface area contributed by atoms with E-state index in [9.17, 15) is 17.6 Å². The Morgan fingerprint density at radius 2 is 1.72 bits per heavy atom. The molecule has 8 heteroatoms. The van der Waals surface area contributed by atoms with Crippen LogP contribution in [0.3, 0.4) is 0 Å². The summed E-state index contributed by atoms with van der Waals surface area (Å²) in [6.45, 7) is 0.143. The topological polar surface area (TPSA) is 66.5 Å². The first-order valence-corrected chi connectivity index (χ1v) is 10.5. The molecule has 2 aromatic rings. The van der Waals surface area contributed by atoms with Crippen LogP contribution in [0, 0.1) is 9.39 Å². The highest BCUT2D eigenvalue weighted by atomic mass is 127. The van der Waals surface area contributed by atoms with E-state index >= 15 is 0 Å². The Morgan fingerprint density at radius 1 is 1.12 bits per heavy atom. The monoisotopic (exact) mass is 476 g/mol. The number of sulfonamides is 1. The van der Waals surface area contributed by atoms with Gasteiger partial charge in [-0.15, -0.1) is 0 Å². The highest BCUT2D eigenvalue weighted by molar-refractivity contribution is 14.1. The summed E-state index contributed by atoms with van der Waals surface area (Å²) in [4.78, 5) is 12.0. The van der Waals surface area contributed by atoms with Crippen LogP contribution in [-0.4, -0.2) is 27.1 Å². The van der Waals surface area contributed by atoms with E-state index in [-0.39, 0.29) is 18.9 Å². The third-order valence-corrected chi connectivity index (χ3v) is 5.32. The number of nitrogens with one attached hydrogen (secondary N) is 1. The SMILES string of the molecule is CS(=O)(=O)N(CCCC(=O)Nc1ccc(I)cc1)c1ccc(F)cc1. The predicted octanol–water partition coefficient (Wildman–Crippen LogP) is 3.62. The Bertz CT molecular complexity index is 824. The number of anilines is 2. The van der Waals surface area contributed by atoms with Gasteiger partial charge in [0.2, 0.25) is 15.9 Å². The van der Waals surface area contributed by atoms with Crippen molar-refractivity contribution < 1.29 is 17.6 Å². The minimum absolute atomic E-state index is 0.143. The maximum absolute atomic E-state index is 13.0. The van der Waals surface area contributed by atoms with Gasteiger partial charge in [0, 0.05) is 22.2 Å². The molecule has 134 valence electrons. The molecular formula is C17H18FIN2O3S. The summed E-state index contributed by atoms with van der Waals surface area (Å²) in [5, 5.41) is 2.77. The number of halogens is 2. The number of amides is 1.